The molecule has 8 heteroatoms. The number of rotatable bonds is 9. The van der Waals surface area contributed by atoms with E-state index in [1.807, 2.05) is 18.2 Å². The Labute approximate surface area is 172 Å². The van der Waals surface area contributed by atoms with E-state index >= 15 is 0 Å². The molecule has 0 radical (unpaired) electrons. The number of aryl methyl sites for hydroxylation is 1. The van der Waals surface area contributed by atoms with Crippen LogP contribution in [0.2, 0.25) is 0 Å². The van der Waals surface area contributed by atoms with Crippen LogP contribution in [0.15, 0.2) is 39.9 Å². The van der Waals surface area contributed by atoms with Crippen molar-refractivity contribution in [2.24, 2.45) is 5.10 Å². The molecule has 0 fully saturated rings. The highest BCUT2D eigenvalue weighted by Gasteiger charge is 2.12. The molecule has 0 spiro atoms. The maximum absolute atomic E-state index is 12.0. The monoisotopic (exact) mass is 450 g/mol. The summed E-state index contributed by atoms with van der Waals surface area (Å²) in [6.45, 7) is 1.92. The molecule has 0 aliphatic carbocycles. The molecule has 28 heavy (non-hydrogen) atoms. The van der Waals surface area contributed by atoms with Crippen molar-refractivity contribution in [3.05, 3.63) is 45.9 Å². The second-order valence-electron chi connectivity index (χ2n) is 5.66. The fourth-order valence-corrected chi connectivity index (χ4v) is 2.95. The third kappa shape index (κ3) is 5.63. The number of amides is 1. The molecule has 0 heterocycles. The molecule has 1 amide bonds. The van der Waals surface area contributed by atoms with Crippen LogP contribution in [0.1, 0.15) is 18.1 Å². The number of hydrogen-bond donors (Lipinski definition) is 1. The van der Waals surface area contributed by atoms with Crippen molar-refractivity contribution in [1.82, 2.24) is 5.43 Å². The van der Waals surface area contributed by atoms with Gasteiger partial charge in [0.2, 0.25) is 5.75 Å². The third-order valence-corrected chi connectivity index (χ3v) is 4.47. The lowest BCUT2D eigenvalue weighted by molar-refractivity contribution is -0.123. The van der Waals surface area contributed by atoms with Crippen molar-refractivity contribution >= 4 is 28.1 Å². The van der Waals surface area contributed by atoms with Gasteiger partial charge in [-0.15, -0.1) is 0 Å². The van der Waals surface area contributed by atoms with Gasteiger partial charge in [0.25, 0.3) is 5.91 Å². The number of hydrogen-bond acceptors (Lipinski definition) is 6. The summed E-state index contributed by atoms with van der Waals surface area (Å²) in [5.41, 5.74) is 4.28. The summed E-state index contributed by atoms with van der Waals surface area (Å²) in [4.78, 5) is 12.0. The summed E-state index contributed by atoms with van der Waals surface area (Å²) >= 11 is 3.44. The van der Waals surface area contributed by atoms with Crippen LogP contribution in [-0.4, -0.2) is 40.1 Å². The second-order valence-corrected chi connectivity index (χ2v) is 6.51. The molecule has 0 atom stereocenters. The predicted octanol–water partition coefficient (Wildman–Crippen LogP) is 3.57. The Hall–Kier alpha value is -2.74. The summed E-state index contributed by atoms with van der Waals surface area (Å²) < 4.78 is 22.2. The number of carbonyl (C=O) groups is 1. The van der Waals surface area contributed by atoms with Crippen LogP contribution in [0.3, 0.4) is 0 Å². The van der Waals surface area contributed by atoms with E-state index in [2.05, 4.69) is 33.4 Å². The highest BCUT2D eigenvalue weighted by atomic mass is 79.9. The molecule has 0 aliphatic rings. The molecule has 1 N–H and O–H groups in total. The average Bonchev–Trinajstić information content (AvgIpc) is 2.71. The number of ether oxygens (including phenoxy) is 4. The van der Waals surface area contributed by atoms with E-state index in [1.54, 1.807) is 12.1 Å². The van der Waals surface area contributed by atoms with Crippen LogP contribution in [0, 0.1) is 0 Å². The number of benzene rings is 2. The smallest absolute Gasteiger partial charge is 0.277 e. The van der Waals surface area contributed by atoms with Crippen molar-refractivity contribution in [2.75, 3.05) is 27.9 Å². The van der Waals surface area contributed by atoms with Gasteiger partial charge < -0.3 is 18.9 Å². The Morgan fingerprint density at radius 1 is 1.07 bits per heavy atom. The minimum Gasteiger partial charge on any atom is -0.493 e. The minimum atomic E-state index is -0.379. The second kappa shape index (κ2) is 10.6. The predicted molar refractivity (Wildman–Crippen MR) is 111 cm³/mol. The molecule has 2 aromatic carbocycles. The van der Waals surface area contributed by atoms with Gasteiger partial charge in [0, 0.05) is 5.56 Å². The lowest BCUT2D eigenvalue weighted by Gasteiger charge is -2.12. The van der Waals surface area contributed by atoms with E-state index in [-0.39, 0.29) is 12.5 Å². The van der Waals surface area contributed by atoms with Crippen LogP contribution < -0.4 is 24.4 Å². The molecular formula is C20H23BrN2O5. The van der Waals surface area contributed by atoms with Crippen molar-refractivity contribution in [2.45, 2.75) is 13.3 Å². The van der Waals surface area contributed by atoms with E-state index < -0.39 is 0 Å². The average molecular weight is 451 g/mol. The summed E-state index contributed by atoms with van der Waals surface area (Å²) in [6.07, 6.45) is 2.41. The van der Waals surface area contributed by atoms with E-state index in [0.29, 0.717) is 28.6 Å². The first-order valence-electron chi connectivity index (χ1n) is 8.55. The SMILES string of the molecule is CCc1ccc(OCC(=O)N/N=C/c2cc(OC)c(OC)c(OC)c2)c(Br)c1. The van der Waals surface area contributed by atoms with Gasteiger partial charge in [-0.05, 0) is 52.2 Å². The first kappa shape index (κ1) is 21.6. The van der Waals surface area contributed by atoms with E-state index in [9.17, 15) is 4.79 Å². The normalized spacial score (nSPS) is 10.6. The first-order chi connectivity index (χ1) is 13.5. The van der Waals surface area contributed by atoms with Crippen LogP contribution in [0.25, 0.3) is 0 Å². The zero-order valence-electron chi connectivity index (χ0n) is 16.2. The molecule has 0 bridgehead atoms. The Kier molecular flexibility index (Phi) is 8.13. The number of hydrazone groups is 1. The zero-order chi connectivity index (χ0) is 20.5. The van der Waals surface area contributed by atoms with E-state index in [1.165, 1.54) is 33.1 Å². The van der Waals surface area contributed by atoms with Gasteiger partial charge >= 0.3 is 0 Å². The highest BCUT2D eigenvalue weighted by Crippen LogP contribution is 2.37. The molecule has 2 aromatic rings. The van der Waals surface area contributed by atoms with E-state index in [4.69, 9.17) is 18.9 Å². The van der Waals surface area contributed by atoms with Crippen molar-refractivity contribution in [3.63, 3.8) is 0 Å². The lowest BCUT2D eigenvalue weighted by Crippen LogP contribution is -2.24. The number of halogens is 1. The molecule has 0 saturated carbocycles. The maximum atomic E-state index is 12.0. The summed E-state index contributed by atoms with van der Waals surface area (Å²) in [7, 11) is 4.59. The first-order valence-corrected chi connectivity index (χ1v) is 9.34. The minimum absolute atomic E-state index is 0.156. The number of methoxy groups -OCH3 is 3. The summed E-state index contributed by atoms with van der Waals surface area (Å²) in [5, 5.41) is 3.94. The number of carbonyl (C=O) groups excluding carboxylic acids is 1. The van der Waals surface area contributed by atoms with Crippen LogP contribution in [0.5, 0.6) is 23.0 Å². The zero-order valence-corrected chi connectivity index (χ0v) is 17.8. The van der Waals surface area contributed by atoms with Crippen LogP contribution in [-0.2, 0) is 11.2 Å². The van der Waals surface area contributed by atoms with Gasteiger partial charge in [-0.3, -0.25) is 4.79 Å². The van der Waals surface area contributed by atoms with E-state index in [0.717, 1.165) is 10.9 Å². The summed E-state index contributed by atoms with van der Waals surface area (Å²) in [5.74, 6) is 1.70. The van der Waals surface area contributed by atoms with Crippen molar-refractivity contribution < 1.29 is 23.7 Å². The molecule has 2 rings (SSSR count). The molecule has 0 unspecified atom stereocenters. The third-order valence-electron chi connectivity index (χ3n) is 3.85. The van der Waals surface area contributed by atoms with Crippen molar-refractivity contribution in [1.29, 1.82) is 0 Å². The number of nitrogens with zero attached hydrogens (tertiary/aromatic N) is 1. The Bertz CT molecular complexity index is 829. The van der Waals surface area contributed by atoms with Crippen LogP contribution >= 0.6 is 15.9 Å². The Morgan fingerprint density at radius 2 is 1.75 bits per heavy atom. The van der Waals surface area contributed by atoms with Gasteiger partial charge in [-0.2, -0.15) is 5.10 Å². The van der Waals surface area contributed by atoms with Gasteiger partial charge in [-0.1, -0.05) is 13.0 Å². The highest BCUT2D eigenvalue weighted by molar-refractivity contribution is 9.10. The van der Waals surface area contributed by atoms with Gasteiger partial charge in [0.05, 0.1) is 32.0 Å². The Morgan fingerprint density at radius 3 is 2.29 bits per heavy atom. The molecule has 7 nitrogen and oxygen atoms in total. The molecule has 0 saturated heterocycles. The van der Waals surface area contributed by atoms with Crippen LogP contribution in [0.4, 0.5) is 0 Å². The fraction of sp³-hybridized carbons (Fsp3) is 0.300. The van der Waals surface area contributed by atoms with Gasteiger partial charge in [-0.25, -0.2) is 5.43 Å². The standard InChI is InChI=1S/C20H23BrN2O5/c1-5-13-6-7-16(15(21)8-13)28-12-19(24)23-22-11-14-9-17(25-2)20(27-4)18(10-14)26-3/h6-11H,5,12H2,1-4H3,(H,23,24)/b22-11+. The molecular weight excluding hydrogens is 428 g/mol. The molecule has 150 valence electrons. The Balaban J connectivity index is 1.96. The van der Waals surface area contributed by atoms with Gasteiger partial charge in [0.1, 0.15) is 5.75 Å². The largest absolute Gasteiger partial charge is 0.493 e. The van der Waals surface area contributed by atoms with Gasteiger partial charge in [0.15, 0.2) is 18.1 Å². The summed E-state index contributed by atoms with van der Waals surface area (Å²) in [6, 6.07) is 9.20. The quantitative estimate of drug-likeness (QED) is 0.466. The maximum Gasteiger partial charge on any atom is 0.277 e. The topological polar surface area (TPSA) is 78.4 Å². The fourth-order valence-electron chi connectivity index (χ4n) is 2.41. The molecule has 0 aliphatic heterocycles. The van der Waals surface area contributed by atoms with Crippen molar-refractivity contribution in [3.8, 4) is 23.0 Å². The lowest BCUT2D eigenvalue weighted by atomic mass is 10.2. The number of nitrogens with one attached hydrogen (secondary N) is 1. The molecule has 0 aromatic heterocycles.